The number of rotatable bonds is 7. The average Bonchev–Trinajstić information content (AvgIpc) is 2.93. The molecule has 3 rings (SSSR count). The minimum absolute atomic E-state index is 0.115. The number of fused-ring (bicyclic) bond motifs is 1. The van der Waals surface area contributed by atoms with Crippen LogP contribution in [0.1, 0.15) is 40.1 Å². The van der Waals surface area contributed by atoms with Crippen LogP contribution in [0.3, 0.4) is 0 Å². The van der Waals surface area contributed by atoms with Gasteiger partial charge in [0.05, 0.1) is 18.8 Å². The lowest BCUT2D eigenvalue weighted by Gasteiger charge is -2.12. The minimum Gasteiger partial charge on any atom is -0.490 e. The lowest BCUT2D eigenvalue weighted by atomic mass is 10.1. The van der Waals surface area contributed by atoms with E-state index < -0.39 is 5.97 Å². The number of hydrogen-bond donors (Lipinski definition) is 0. The Hall–Kier alpha value is -3.41. The first-order valence-electron chi connectivity index (χ1n) is 9.00. The molecule has 2 aromatic carbocycles. The predicted octanol–water partition coefficient (Wildman–Crippen LogP) is 3.49. The number of benzene rings is 2. The van der Waals surface area contributed by atoms with Crippen LogP contribution in [-0.4, -0.2) is 37.4 Å². The van der Waals surface area contributed by atoms with Crippen LogP contribution in [0.15, 0.2) is 48.0 Å². The van der Waals surface area contributed by atoms with Crippen molar-refractivity contribution >= 4 is 23.6 Å². The Bertz CT molecular complexity index is 920. The number of Topliss-reactive ketones (excluding diaryl/α,β-unsaturated/α-hetero) is 2. The zero-order valence-corrected chi connectivity index (χ0v) is 15.7. The Morgan fingerprint density at radius 2 is 1.57 bits per heavy atom. The lowest BCUT2D eigenvalue weighted by Crippen LogP contribution is -2.15. The van der Waals surface area contributed by atoms with E-state index in [1.54, 1.807) is 55.5 Å². The number of carbonyl (C=O) groups is 3. The van der Waals surface area contributed by atoms with Crippen molar-refractivity contribution in [3.8, 4) is 11.5 Å². The lowest BCUT2D eigenvalue weighted by molar-refractivity contribution is -0.145. The summed E-state index contributed by atoms with van der Waals surface area (Å²) < 4.78 is 15.9. The monoisotopic (exact) mass is 380 g/mol. The van der Waals surface area contributed by atoms with E-state index in [1.165, 1.54) is 0 Å². The number of ether oxygens (including phenoxy) is 3. The van der Waals surface area contributed by atoms with Crippen molar-refractivity contribution < 1.29 is 28.6 Å². The van der Waals surface area contributed by atoms with Crippen molar-refractivity contribution in [2.24, 2.45) is 0 Å². The fraction of sp³-hybridized carbons (Fsp3) is 0.227. The summed E-state index contributed by atoms with van der Waals surface area (Å²) in [4.78, 5) is 36.6. The Balaban J connectivity index is 1.86. The van der Waals surface area contributed by atoms with Gasteiger partial charge in [0.1, 0.15) is 0 Å². The van der Waals surface area contributed by atoms with Crippen molar-refractivity contribution in [3.63, 3.8) is 0 Å². The van der Waals surface area contributed by atoms with Crippen LogP contribution in [0.25, 0.3) is 6.08 Å². The molecular weight excluding hydrogens is 360 g/mol. The molecule has 1 aliphatic rings. The summed E-state index contributed by atoms with van der Waals surface area (Å²) in [5, 5.41) is 0. The van der Waals surface area contributed by atoms with Gasteiger partial charge in [0.2, 0.25) is 0 Å². The highest BCUT2D eigenvalue weighted by Gasteiger charge is 2.32. The van der Waals surface area contributed by atoms with E-state index in [0.29, 0.717) is 34.8 Å². The largest absolute Gasteiger partial charge is 0.490 e. The molecule has 0 atom stereocenters. The minimum atomic E-state index is -0.476. The third-order valence-electron chi connectivity index (χ3n) is 4.14. The van der Waals surface area contributed by atoms with Crippen LogP contribution in [0.4, 0.5) is 0 Å². The van der Waals surface area contributed by atoms with Gasteiger partial charge in [-0.3, -0.25) is 9.59 Å². The van der Waals surface area contributed by atoms with Gasteiger partial charge >= 0.3 is 5.97 Å². The van der Waals surface area contributed by atoms with Crippen LogP contribution in [0.5, 0.6) is 11.5 Å². The van der Waals surface area contributed by atoms with Crippen LogP contribution in [-0.2, 0) is 9.53 Å². The summed E-state index contributed by atoms with van der Waals surface area (Å²) in [7, 11) is 0. The third kappa shape index (κ3) is 3.96. The van der Waals surface area contributed by atoms with Crippen molar-refractivity contribution in [1.29, 1.82) is 0 Å². The molecule has 0 unspecified atom stereocenters. The van der Waals surface area contributed by atoms with Gasteiger partial charge < -0.3 is 14.2 Å². The van der Waals surface area contributed by atoms with Gasteiger partial charge in [-0.15, -0.1) is 0 Å². The van der Waals surface area contributed by atoms with Gasteiger partial charge in [-0.1, -0.05) is 30.3 Å². The Kier molecular flexibility index (Phi) is 5.89. The van der Waals surface area contributed by atoms with Gasteiger partial charge in [-0.05, 0) is 37.6 Å². The molecule has 0 fully saturated rings. The first-order valence-corrected chi connectivity index (χ1v) is 9.00. The molecule has 1 aliphatic carbocycles. The molecule has 0 amide bonds. The summed E-state index contributed by atoms with van der Waals surface area (Å²) in [6.07, 6.45) is 1.54. The normalized spacial score (nSPS) is 12.6. The van der Waals surface area contributed by atoms with Gasteiger partial charge in [0.15, 0.2) is 29.7 Å². The summed E-state index contributed by atoms with van der Waals surface area (Å²) in [5.74, 6) is -0.264. The second kappa shape index (κ2) is 8.52. The maximum absolute atomic E-state index is 12.5. The number of hydrogen-bond acceptors (Lipinski definition) is 6. The highest BCUT2D eigenvalue weighted by atomic mass is 16.6. The molecule has 0 bridgehead atoms. The summed E-state index contributed by atoms with van der Waals surface area (Å²) >= 11 is 0. The van der Waals surface area contributed by atoms with Crippen LogP contribution in [0.2, 0.25) is 0 Å². The molecule has 0 spiro atoms. The summed E-state index contributed by atoms with van der Waals surface area (Å²) in [6, 6.07) is 11.8. The second-order valence-electron chi connectivity index (χ2n) is 5.99. The maximum atomic E-state index is 12.5. The van der Waals surface area contributed by atoms with E-state index in [-0.39, 0.29) is 30.4 Å². The Morgan fingerprint density at radius 1 is 0.893 bits per heavy atom. The fourth-order valence-corrected chi connectivity index (χ4v) is 2.91. The summed E-state index contributed by atoms with van der Waals surface area (Å²) in [5.41, 5.74) is 1.57. The summed E-state index contributed by atoms with van der Waals surface area (Å²) in [6.45, 7) is 3.97. The first-order chi connectivity index (χ1) is 13.5. The zero-order valence-electron chi connectivity index (χ0n) is 15.7. The number of carbonyl (C=O) groups excluding carboxylic acids is 3. The van der Waals surface area contributed by atoms with E-state index in [0.717, 1.165) is 0 Å². The highest BCUT2D eigenvalue weighted by Crippen LogP contribution is 2.32. The first kappa shape index (κ1) is 19.4. The molecule has 0 aliphatic heterocycles. The van der Waals surface area contributed by atoms with Gasteiger partial charge in [-0.25, -0.2) is 4.79 Å². The molecule has 28 heavy (non-hydrogen) atoms. The van der Waals surface area contributed by atoms with Gasteiger partial charge in [0.25, 0.3) is 0 Å². The molecule has 2 aromatic rings. The molecule has 6 nitrogen and oxygen atoms in total. The van der Waals surface area contributed by atoms with Crippen molar-refractivity contribution in [3.05, 3.63) is 64.7 Å². The van der Waals surface area contributed by atoms with Crippen LogP contribution in [0, 0.1) is 0 Å². The number of esters is 1. The zero-order chi connectivity index (χ0) is 20.1. The molecule has 0 saturated carbocycles. The van der Waals surface area contributed by atoms with E-state index in [2.05, 4.69) is 0 Å². The van der Waals surface area contributed by atoms with Gasteiger partial charge in [0, 0.05) is 11.1 Å². The van der Waals surface area contributed by atoms with E-state index >= 15 is 0 Å². The molecule has 0 saturated heterocycles. The van der Waals surface area contributed by atoms with Gasteiger partial charge in [-0.2, -0.15) is 0 Å². The Morgan fingerprint density at radius 3 is 2.18 bits per heavy atom. The predicted molar refractivity (Wildman–Crippen MR) is 103 cm³/mol. The van der Waals surface area contributed by atoms with Crippen LogP contribution >= 0.6 is 0 Å². The van der Waals surface area contributed by atoms with Crippen molar-refractivity contribution in [2.45, 2.75) is 13.8 Å². The maximum Gasteiger partial charge on any atom is 0.344 e. The second-order valence-corrected chi connectivity index (χ2v) is 5.99. The molecular formula is C22H20O6. The highest BCUT2D eigenvalue weighted by molar-refractivity contribution is 6.41. The topological polar surface area (TPSA) is 78.9 Å². The third-order valence-corrected chi connectivity index (χ3v) is 4.14. The van der Waals surface area contributed by atoms with E-state index in [9.17, 15) is 14.4 Å². The number of allylic oxidation sites excluding steroid dienone is 1. The van der Waals surface area contributed by atoms with E-state index in [4.69, 9.17) is 14.2 Å². The molecule has 0 aromatic heterocycles. The standard InChI is InChI=1S/C22H20O6/c1-3-26-19-12-14(9-10-18(19)28-13-20(23)27-4-2)11-17-21(24)15-7-5-6-8-16(15)22(17)25/h5-12H,3-4,13H2,1-2H3. The molecule has 144 valence electrons. The average molecular weight is 380 g/mol. The van der Waals surface area contributed by atoms with Crippen molar-refractivity contribution in [1.82, 2.24) is 0 Å². The SMILES string of the molecule is CCOC(=O)COc1ccc(C=C2C(=O)c3ccccc3C2=O)cc1OCC. The molecule has 6 heteroatoms. The molecule has 0 heterocycles. The van der Waals surface area contributed by atoms with Crippen LogP contribution < -0.4 is 9.47 Å². The van der Waals surface area contributed by atoms with Crippen molar-refractivity contribution in [2.75, 3.05) is 19.8 Å². The number of ketones is 2. The smallest absolute Gasteiger partial charge is 0.344 e. The quantitative estimate of drug-likeness (QED) is 0.416. The molecule has 0 radical (unpaired) electrons. The fourth-order valence-electron chi connectivity index (χ4n) is 2.91. The molecule has 0 N–H and O–H groups in total. The Labute approximate surface area is 162 Å². The van der Waals surface area contributed by atoms with E-state index in [1.807, 2.05) is 6.92 Å².